The van der Waals surface area contributed by atoms with E-state index in [2.05, 4.69) is 40.7 Å². The number of aryl methyl sites for hydroxylation is 1. The fourth-order valence-corrected chi connectivity index (χ4v) is 6.66. The van der Waals surface area contributed by atoms with Crippen molar-refractivity contribution in [1.82, 2.24) is 30.7 Å². The number of allylic oxidation sites excluding steroid dienone is 3. The number of likely N-dealkylation sites (N-methyl/N-ethyl adjacent to an activating group) is 1. The second-order valence-electron chi connectivity index (χ2n) is 10.4. The quantitative estimate of drug-likeness (QED) is 0.543. The van der Waals surface area contributed by atoms with Gasteiger partial charge >= 0.3 is 0 Å². The van der Waals surface area contributed by atoms with Crippen LogP contribution in [-0.4, -0.2) is 75.0 Å². The molecule has 1 unspecified atom stereocenters. The molecule has 4 atom stereocenters. The maximum absolute atomic E-state index is 13.4. The fourth-order valence-electron chi connectivity index (χ4n) is 5.38. The number of aliphatic imine (C=N–C) groups is 2. The predicted octanol–water partition coefficient (Wildman–Crippen LogP) is 2.06. The lowest BCUT2D eigenvalue weighted by Crippen LogP contribution is -2.55. The Bertz CT molecular complexity index is 1510. The van der Waals surface area contributed by atoms with E-state index >= 15 is 0 Å². The Kier molecular flexibility index (Phi) is 7.19. The highest BCUT2D eigenvalue weighted by Gasteiger charge is 2.38. The van der Waals surface area contributed by atoms with E-state index < -0.39 is 29.8 Å². The third-order valence-electron chi connectivity index (χ3n) is 7.47. The highest BCUT2D eigenvalue weighted by atomic mass is 35.5. The Balaban J connectivity index is 1.20. The highest BCUT2D eigenvalue weighted by molar-refractivity contribution is 7.13. The number of halogens is 1. The van der Waals surface area contributed by atoms with Crippen molar-refractivity contribution >= 4 is 52.2 Å². The van der Waals surface area contributed by atoms with Gasteiger partial charge in [-0.15, -0.1) is 21.5 Å². The molecule has 4 aliphatic rings. The molecule has 208 valence electrons. The molecule has 0 aromatic carbocycles. The summed E-state index contributed by atoms with van der Waals surface area (Å²) in [5.74, 6) is -1.41. The van der Waals surface area contributed by atoms with Gasteiger partial charge in [-0.05, 0) is 44.5 Å². The summed E-state index contributed by atoms with van der Waals surface area (Å²) in [5.41, 5.74) is 1.37. The van der Waals surface area contributed by atoms with E-state index in [0.717, 1.165) is 30.1 Å². The Morgan fingerprint density at radius 2 is 1.95 bits per heavy atom. The molecular weight excluding hydrogens is 556 g/mol. The minimum absolute atomic E-state index is 0.0867. The standard InChI is InChI=1S/C26H27ClN8O4S/c1-12-33-34-25(39-12)13-3-5-17(29-23(37)21-28-16-6-4-14(27)10-15(16)22(36)32-21)19(9-13)30-24(38)26-31-18-7-8-35(2)11-20(18)40-26/h4,6,10,13,15,17,19H,3,5,7-9,11H2,1-2H3,(H,29,37)(H,30,38)/t13-,15?,17-,19+/m0/s1. The number of fused-ring (bicyclic) bond motifs is 2. The maximum atomic E-state index is 13.4. The number of aromatic nitrogens is 3. The Morgan fingerprint density at radius 1 is 1.12 bits per heavy atom. The van der Waals surface area contributed by atoms with Crippen LogP contribution in [-0.2, 0) is 22.6 Å². The van der Waals surface area contributed by atoms with Gasteiger partial charge in [-0.3, -0.25) is 14.4 Å². The third kappa shape index (κ3) is 5.40. The number of thiazole rings is 1. The maximum Gasteiger partial charge on any atom is 0.289 e. The first-order chi connectivity index (χ1) is 19.2. The van der Waals surface area contributed by atoms with E-state index in [1.54, 1.807) is 25.2 Å². The summed E-state index contributed by atoms with van der Waals surface area (Å²) in [6, 6.07) is -0.896. The van der Waals surface area contributed by atoms with Crippen LogP contribution in [0.1, 0.15) is 57.3 Å². The zero-order valence-corrected chi connectivity index (χ0v) is 23.5. The summed E-state index contributed by atoms with van der Waals surface area (Å²) >= 11 is 7.41. The summed E-state index contributed by atoms with van der Waals surface area (Å²) in [6.45, 7) is 3.39. The average Bonchev–Trinajstić information content (AvgIpc) is 3.56. The molecule has 4 heterocycles. The number of nitrogens with one attached hydrogen (secondary N) is 2. The van der Waals surface area contributed by atoms with Crippen molar-refractivity contribution in [3.8, 4) is 0 Å². The molecule has 2 aliphatic carbocycles. The molecule has 3 amide bonds. The monoisotopic (exact) mass is 582 g/mol. The van der Waals surface area contributed by atoms with Crippen LogP contribution in [0.3, 0.4) is 0 Å². The molecule has 1 fully saturated rings. The summed E-state index contributed by atoms with van der Waals surface area (Å²) in [6.07, 6.45) is 7.25. The van der Waals surface area contributed by atoms with Gasteiger partial charge in [0, 0.05) is 48.3 Å². The summed E-state index contributed by atoms with van der Waals surface area (Å²) < 4.78 is 5.68. The van der Waals surface area contributed by atoms with Gasteiger partial charge in [0.2, 0.25) is 17.6 Å². The molecule has 2 aromatic heterocycles. The summed E-state index contributed by atoms with van der Waals surface area (Å²) in [7, 11) is 2.04. The molecule has 2 aromatic rings. The van der Waals surface area contributed by atoms with Crippen LogP contribution >= 0.6 is 22.9 Å². The van der Waals surface area contributed by atoms with E-state index in [-0.39, 0.29) is 17.7 Å². The number of amides is 3. The Hall–Kier alpha value is -3.55. The number of nitrogens with zero attached hydrogens (tertiary/aromatic N) is 6. The van der Waals surface area contributed by atoms with E-state index in [1.165, 1.54) is 11.3 Å². The molecule has 40 heavy (non-hydrogen) atoms. The lowest BCUT2D eigenvalue weighted by atomic mass is 9.82. The zero-order chi connectivity index (χ0) is 28.0. The largest absolute Gasteiger partial charge is 0.425 e. The van der Waals surface area contributed by atoms with Crippen LogP contribution in [0.2, 0.25) is 0 Å². The minimum atomic E-state index is -0.696. The van der Waals surface area contributed by atoms with Crippen molar-refractivity contribution in [1.29, 1.82) is 0 Å². The molecule has 1 saturated carbocycles. The molecule has 12 nitrogen and oxygen atoms in total. The Morgan fingerprint density at radius 3 is 2.75 bits per heavy atom. The zero-order valence-electron chi connectivity index (χ0n) is 21.9. The van der Waals surface area contributed by atoms with Crippen LogP contribution in [0.25, 0.3) is 0 Å². The van der Waals surface area contributed by atoms with Crippen LogP contribution in [0.4, 0.5) is 0 Å². The first kappa shape index (κ1) is 26.7. The smallest absolute Gasteiger partial charge is 0.289 e. The van der Waals surface area contributed by atoms with Gasteiger partial charge in [-0.1, -0.05) is 11.6 Å². The van der Waals surface area contributed by atoms with Gasteiger partial charge in [-0.2, -0.15) is 4.99 Å². The van der Waals surface area contributed by atoms with Gasteiger partial charge in [0.25, 0.3) is 17.7 Å². The van der Waals surface area contributed by atoms with Gasteiger partial charge < -0.3 is 20.0 Å². The highest BCUT2D eigenvalue weighted by Crippen LogP contribution is 2.33. The van der Waals surface area contributed by atoms with Crippen molar-refractivity contribution in [3.05, 3.63) is 50.6 Å². The van der Waals surface area contributed by atoms with E-state index in [4.69, 9.17) is 16.0 Å². The predicted molar refractivity (Wildman–Crippen MR) is 147 cm³/mol. The molecule has 2 aliphatic heterocycles. The Labute approximate surface area is 238 Å². The van der Waals surface area contributed by atoms with Gasteiger partial charge in [0.1, 0.15) is 5.92 Å². The first-order valence-electron chi connectivity index (χ1n) is 13.1. The normalized spacial score (nSPS) is 26.3. The number of carbonyl (C=O) groups is 3. The van der Waals surface area contributed by atoms with E-state index in [0.29, 0.717) is 46.8 Å². The molecule has 0 spiro atoms. The molecule has 0 bridgehead atoms. The number of hydrogen-bond acceptors (Lipinski definition) is 10. The van der Waals surface area contributed by atoms with Crippen molar-refractivity contribution in [2.45, 2.75) is 57.2 Å². The molecule has 0 radical (unpaired) electrons. The van der Waals surface area contributed by atoms with Crippen LogP contribution in [0.5, 0.6) is 0 Å². The van der Waals surface area contributed by atoms with Crippen molar-refractivity contribution in [3.63, 3.8) is 0 Å². The third-order valence-corrected chi connectivity index (χ3v) is 8.80. The van der Waals surface area contributed by atoms with Crippen molar-refractivity contribution in [2.24, 2.45) is 15.9 Å². The number of hydrogen-bond donors (Lipinski definition) is 2. The van der Waals surface area contributed by atoms with Crippen LogP contribution in [0, 0.1) is 12.8 Å². The van der Waals surface area contributed by atoms with E-state index in [1.807, 2.05) is 7.05 Å². The van der Waals surface area contributed by atoms with Crippen molar-refractivity contribution in [2.75, 3.05) is 13.6 Å². The topological polar surface area (TPSA) is 155 Å². The SMILES string of the molecule is Cc1nnc([C@H]2CC[C@H](NC(=O)C3=NC(=O)C4C=C(Cl)C=CC4=N3)[C@H](NC(=O)c3nc4c(s3)CN(C)CC4)C2)o1. The number of rotatable bonds is 5. The van der Waals surface area contributed by atoms with E-state index in [9.17, 15) is 14.4 Å². The van der Waals surface area contributed by atoms with Crippen molar-refractivity contribution < 1.29 is 18.8 Å². The first-order valence-corrected chi connectivity index (χ1v) is 14.3. The number of carbonyl (C=O) groups excluding carboxylic acids is 3. The van der Waals surface area contributed by atoms with Crippen LogP contribution in [0.15, 0.2) is 37.7 Å². The van der Waals surface area contributed by atoms with Gasteiger partial charge in [0.15, 0.2) is 5.01 Å². The molecule has 2 N–H and O–H groups in total. The average molecular weight is 583 g/mol. The molecule has 0 saturated heterocycles. The lowest BCUT2D eigenvalue weighted by Gasteiger charge is -2.35. The molecule has 6 rings (SSSR count). The lowest BCUT2D eigenvalue weighted by molar-refractivity contribution is -0.120. The summed E-state index contributed by atoms with van der Waals surface area (Å²) in [5, 5.41) is 15.0. The fraction of sp³-hybridized carbons (Fsp3) is 0.462. The minimum Gasteiger partial charge on any atom is -0.425 e. The summed E-state index contributed by atoms with van der Waals surface area (Å²) in [4.78, 5) is 55.3. The van der Waals surface area contributed by atoms with Crippen LogP contribution < -0.4 is 10.6 Å². The van der Waals surface area contributed by atoms with Gasteiger partial charge in [-0.25, -0.2) is 9.98 Å². The molecule has 14 heteroatoms. The van der Waals surface area contributed by atoms with Gasteiger partial charge in [0.05, 0.1) is 17.4 Å². The number of amidine groups is 1. The second-order valence-corrected chi connectivity index (χ2v) is 11.9. The second kappa shape index (κ2) is 10.8. The molecular formula is C26H27ClN8O4S.